The van der Waals surface area contributed by atoms with Crippen molar-refractivity contribution in [2.75, 3.05) is 26.3 Å². The predicted octanol–water partition coefficient (Wildman–Crippen LogP) is 2.62. The molecule has 2 saturated heterocycles. The molecule has 1 aromatic heterocycles. The molecule has 1 amide bonds. The Bertz CT molecular complexity index is 555. The number of nitrogens with one attached hydrogen (secondary N) is 1. The van der Waals surface area contributed by atoms with E-state index < -0.39 is 0 Å². The number of likely N-dealkylation sites (tertiary alicyclic amines) is 1. The molecule has 0 saturated carbocycles. The smallest absolute Gasteiger partial charge is 0.237 e. The van der Waals surface area contributed by atoms with Gasteiger partial charge in [-0.25, -0.2) is 0 Å². The zero-order chi connectivity index (χ0) is 17.7. The van der Waals surface area contributed by atoms with E-state index in [-0.39, 0.29) is 17.4 Å². The van der Waals surface area contributed by atoms with Crippen LogP contribution in [0, 0.1) is 11.3 Å². The van der Waals surface area contributed by atoms with E-state index in [9.17, 15) is 4.79 Å². The van der Waals surface area contributed by atoms with Crippen LogP contribution >= 0.6 is 0 Å². The van der Waals surface area contributed by atoms with E-state index in [1.54, 1.807) is 0 Å². The summed E-state index contributed by atoms with van der Waals surface area (Å²) >= 11 is 0. The molecule has 0 radical (unpaired) electrons. The molecular weight excluding hydrogens is 314 g/mol. The van der Waals surface area contributed by atoms with Crippen molar-refractivity contribution in [3.8, 4) is 0 Å². The number of nitrogens with zero attached hydrogens (tertiary/aromatic N) is 2. The monoisotopic (exact) mass is 345 g/mol. The topological polar surface area (TPSA) is 54.5 Å². The Hall–Kier alpha value is -1.46. The van der Waals surface area contributed by atoms with Gasteiger partial charge in [-0.3, -0.25) is 14.7 Å². The normalized spacial score (nSPS) is 22.9. The molecule has 25 heavy (non-hydrogen) atoms. The zero-order valence-corrected chi connectivity index (χ0v) is 15.5. The summed E-state index contributed by atoms with van der Waals surface area (Å²) in [6.07, 6.45) is 6.03. The highest BCUT2D eigenvalue weighted by Crippen LogP contribution is 2.33. The van der Waals surface area contributed by atoms with E-state index in [1.807, 2.05) is 24.4 Å². The first-order valence-electron chi connectivity index (χ1n) is 9.56. The summed E-state index contributed by atoms with van der Waals surface area (Å²) in [7, 11) is 0. The van der Waals surface area contributed by atoms with Crippen LogP contribution in [-0.4, -0.2) is 48.1 Å². The molecule has 2 aliphatic heterocycles. The van der Waals surface area contributed by atoms with Gasteiger partial charge in [0.1, 0.15) is 0 Å². The Balaban J connectivity index is 1.53. The van der Waals surface area contributed by atoms with Gasteiger partial charge in [0.05, 0.1) is 11.7 Å². The lowest BCUT2D eigenvalue weighted by molar-refractivity contribution is -0.126. The van der Waals surface area contributed by atoms with E-state index in [1.165, 1.54) is 0 Å². The predicted molar refractivity (Wildman–Crippen MR) is 98.0 cm³/mol. The summed E-state index contributed by atoms with van der Waals surface area (Å²) in [4.78, 5) is 19.4. The minimum Gasteiger partial charge on any atom is -0.381 e. The third-order valence-electron chi connectivity index (χ3n) is 5.80. The van der Waals surface area contributed by atoms with Gasteiger partial charge in [0, 0.05) is 32.5 Å². The molecule has 3 heterocycles. The van der Waals surface area contributed by atoms with Crippen LogP contribution in [0.2, 0.25) is 0 Å². The molecule has 3 rings (SSSR count). The summed E-state index contributed by atoms with van der Waals surface area (Å²) in [5.74, 6) is 0.795. The molecule has 138 valence electrons. The first-order chi connectivity index (χ1) is 12.1. The second kappa shape index (κ2) is 8.28. The quantitative estimate of drug-likeness (QED) is 0.861. The fourth-order valence-corrected chi connectivity index (χ4v) is 4.07. The van der Waals surface area contributed by atoms with Crippen molar-refractivity contribution in [3.05, 3.63) is 30.1 Å². The number of rotatable bonds is 6. The number of aromatic nitrogens is 1. The lowest BCUT2D eigenvalue weighted by Crippen LogP contribution is -2.47. The number of hydrogen-bond donors (Lipinski definition) is 1. The Morgan fingerprint density at radius 2 is 2.12 bits per heavy atom. The zero-order valence-electron chi connectivity index (χ0n) is 15.5. The Morgan fingerprint density at radius 3 is 2.84 bits per heavy atom. The molecule has 0 unspecified atom stereocenters. The van der Waals surface area contributed by atoms with Crippen LogP contribution in [-0.2, 0) is 16.1 Å². The van der Waals surface area contributed by atoms with Crippen molar-refractivity contribution in [2.45, 2.75) is 52.1 Å². The van der Waals surface area contributed by atoms with Crippen LogP contribution in [0.1, 0.15) is 45.2 Å². The maximum absolute atomic E-state index is 12.8. The first kappa shape index (κ1) is 18.3. The van der Waals surface area contributed by atoms with Gasteiger partial charge in [0.15, 0.2) is 0 Å². The summed E-state index contributed by atoms with van der Waals surface area (Å²) in [5.41, 5.74) is 1.15. The lowest BCUT2D eigenvalue weighted by atomic mass is 9.74. The van der Waals surface area contributed by atoms with Crippen molar-refractivity contribution in [2.24, 2.45) is 11.3 Å². The first-order valence-corrected chi connectivity index (χ1v) is 9.56. The van der Waals surface area contributed by atoms with Crippen LogP contribution in [0.25, 0.3) is 0 Å². The molecule has 1 N–H and O–H groups in total. The largest absolute Gasteiger partial charge is 0.381 e. The van der Waals surface area contributed by atoms with Gasteiger partial charge >= 0.3 is 0 Å². The van der Waals surface area contributed by atoms with E-state index >= 15 is 0 Å². The molecule has 0 aliphatic carbocycles. The van der Waals surface area contributed by atoms with Gasteiger partial charge in [-0.2, -0.15) is 0 Å². The number of amides is 1. The van der Waals surface area contributed by atoms with Gasteiger partial charge in [-0.15, -0.1) is 0 Å². The second-order valence-electron chi connectivity index (χ2n) is 8.04. The molecule has 0 aromatic carbocycles. The number of carbonyl (C=O) groups excluding carboxylic acids is 1. The molecular formula is C20H31N3O2. The second-order valence-corrected chi connectivity index (χ2v) is 8.04. The summed E-state index contributed by atoms with van der Waals surface area (Å²) in [6, 6.07) is 5.94. The maximum Gasteiger partial charge on any atom is 0.237 e. The number of hydrogen-bond acceptors (Lipinski definition) is 4. The molecule has 1 atom stereocenters. The van der Waals surface area contributed by atoms with Crippen molar-refractivity contribution < 1.29 is 9.53 Å². The average molecular weight is 345 g/mol. The van der Waals surface area contributed by atoms with E-state index in [2.05, 4.69) is 29.0 Å². The van der Waals surface area contributed by atoms with E-state index in [4.69, 9.17) is 4.74 Å². The highest BCUT2D eigenvalue weighted by molar-refractivity contribution is 5.82. The Labute approximate surface area is 151 Å². The molecule has 0 bridgehead atoms. The van der Waals surface area contributed by atoms with Crippen molar-refractivity contribution in [1.82, 2.24) is 15.2 Å². The molecule has 1 aromatic rings. The van der Waals surface area contributed by atoms with Gasteiger partial charge in [-0.1, -0.05) is 19.9 Å². The molecule has 0 spiro atoms. The van der Waals surface area contributed by atoms with Crippen LogP contribution in [0.15, 0.2) is 24.4 Å². The Kier molecular flexibility index (Phi) is 6.07. The maximum atomic E-state index is 12.8. The summed E-state index contributed by atoms with van der Waals surface area (Å²) in [5, 5.41) is 3.24. The van der Waals surface area contributed by atoms with Gasteiger partial charge in [0.25, 0.3) is 0 Å². The molecule has 5 nitrogen and oxygen atoms in total. The molecule has 2 fully saturated rings. The number of ether oxygens (including phenoxy) is 1. The average Bonchev–Trinajstić information content (AvgIpc) is 3.09. The van der Waals surface area contributed by atoms with Crippen LogP contribution in [0.4, 0.5) is 0 Å². The standard InChI is InChI=1S/C20H31N3O2/c1-20(2,16-8-12-25-13-9-16)15-22-19(24)18-7-5-11-23(18)14-17-6-3-4-10-21-17/h3-4,6,10,16,18H,5,7-9,11-15H2,1-2H3,(H,22,24)/t18-/m0/s1. The van der Waals surface area contributed by atoms with Crippen LogP contribution in [0.5, 0.6) is 0 Å². The highest BCUT2D eigenvalue weighted by Gasteiger charge is 2.34. The molecule has 2 aliphatic rings. The SMILES string of the molecule is CC(C)(CNC(=O)[C@@H]1CCCN1Cc1ccccn1)C1CCOCC1. The molecule has 5 heteroatoms. The summed E-state index contributed by atoms with van der Waals surface area (Å²) < 4.78 is 5.47. The van der Waals surface area contributed by atoms with Crippen molar-refractivity contribution >= 4 is 5.91 Å². The van der Waals surface area contributed by atoms with Crippen LogP contribution in [0.3, 0.4) is 0 Å². The third kappa shape index (κ3) is 4.79. The van der Waals surface area contributed by atoms with Gasteiger partial charge in [-0.05, 0) is 55.7 Å². The number of pyridine rings is 1. The van der Waals surface area contributed by atoms with Gasteiger partial charge in [0.2, 0.25) is 5.91 Å². The fourth-order valence-electron chi connectivity index (χ4n) is 4.07. The Morgan fingerprint density at radius 1 is 1.32 bits per heavy atom. The minimum absolute atomic E-state index is 0.0208. The highest BCUT2D eigenvalue weighted by atomic mass is 16.5. The van der Waals surface area contributed by atoms with E-state index in [0.29, 0.717) is 5.92 Å². The van der Waals surface area contributed by atoms with Gasteiger partial charge < -0.3 is 10.1 Å². The third-order valence-corrected chi connectivity index (χ3v) is 5.80. The lowest BCUT2D eigenvalue weighted by Gasteiger charge is -2.37. The van der Waals surface area contributed by atoms with Crippen molar-refractivity contribution in [1.29, 1.82) is 0 Å². The number of carbonyl (C=O) groups is 1. The van der Waals surface area contributed by atoms with Crippen molar-refractivity contribution in [3.63, 3.8) is 0 Å². The summed E-state index contributed by atoms with van der Waals surface area (Å²) in [6.45, 7) is 8.70. The fraction of sp³-hybridized carbons (Fsp3) is 0.700. The van der Waals surface area contributed by atoms with Crippen LogP contribution < -0.4 is 5.32 Å². The minimum atomic E-state index is -0.0208. The van der Waals surface area contributed by atoms with E-state index in [0.717, 1.165) is 64.2 Å².